The number of amides is 1. The second-order valence-corrected chi connectivity index (χ2v) is 5.92. The van der Waals surface area contributed by atoms with Gasteiger partial charge >= 0.3 is 0 Å². The number of carbonyl (C=O) groups is 1. The molecule has 2 unspecified atom stereocenters. The van der Waals surface area contributed by atoms with E-state index in [0.717, 1.165) is 37.4 Å². The lowest BCUT2D eigenvalue weighted by Gasteiger charge is -2.24. The molecule has 0 spiro atoms. The molecule has 2 rings (SSSR count). The molecule has 0 aromatic heterocycles. The van der Waals surface area contributed by atoms with Crippen LogP contribution in [0.2, 0.25) is 0 Å². The van der Waals surface area contributed by atoms with Crippen molar-refractivity contribution in [3.63, 3.8) is 0 Å². The molecule has 3 nitrogen and oxygen atoms in total. The van der Waals surface area contributed by atoms with Crippen molar-refractivity contribution in [1.29, 1.82) is 0 Å². The van der Waals surface area contributed by atoms with E-state index in [2.05, 4.69) is 6.92 Å². The Balaban J connectivity index is 2.01. The number of likely N-dealkylation sites (tertiary alicyclic amines) is 1. The van der Waals surface area contributed by atoms with Crippen molar-refractivity contribution in [3.05, 3.63) is 35.4 Å². The van der Waals surface area contributed by atoms with Gasteiger partial charge in [0, 0.05) is 13.1 Å². The molecule has 0 radical (unpaired) electrons. The first-order valence-electron chi connectivity index (χ1n) is 7.72. The van der Waals surface area contributed by atoms with Crippen molar-refractivity contribution >= 4 is 5.91 Å². The Hall–Kier alpha value is -1.35. The van der Waals surface area contributed by atoms with E-state index in [1.165, 1.54) is 18.4 Å². The van der Waals surface area contributed by atoms with E-state index in [0.29, 0.717) is 0 Å². The summed E-state index contributed by atoms with van der Waals surface area (Å²) < 4.78 is 0. The fourth-order valence-corrected chi connectivity index (χ4v) is 2.91. The summed E-state index contributed by atoms with van der Waals surface area (Å²) in [6.07, 6.45) is 4.67. The van der Waals surface area contributed by atoms with E-state index in [1.54, 1.807) is 0 Å². The van der Waals surface area contributed by atoms with Crippen molar-refractivity contribution in [2.45, 2.75) is 45.6 Å². The topological polar surface area (TPSA) is 46.3 Å². The summed E-state index contributed by atoms with van der Waals surface area (Å²) in [6.45, 7) is 5.99. The minimum absolute atomic E-state index is 0.0746. The van der Waals surface area contributed by atoms with Crippen LogP contribution in [0.25, 0.3) is 0 Å². The van der Waals surface area contributed by atoms with Gasteiger partial charge in [-0.2, -0.15) is 0 Å². The standard InChI is InChI=1S/C17H26N2O/c1-3-14-5-4-11-19(12-10-14)17(20)16(18)15-8-6-13(2)7-9-15/h6-9,14,16H,3-5,10-12,18H2,1-2H3. The third kappa shape index (κ3) is 3.60. The average molecular weight is 274 g/mol. The van der Waals surface area contributed by atoms with Gasteiger partial charge in [-0.3, -0.25) is 4.79 Å². The normalized spacial score (nSPS) is 21.4. The Morgan fingerprint density at radius 2 is 2.00 bits per heavy atom. The highest BCUT2D eigenvalue weighted by Gasteiger charge is 2.24. The van der Waals surface area contributed by atoms with Crippen LogP contribution in [0.1, 0.15) is 49.8 Å². The van der Waals surface area contributed by atoms with Crippen LogP contribution in [0.3, 0.4) is 0 Å². The molecule has 1 aromatic rings. The molecule has 2 N–H and O–H groups in total. The summed E-state index contributed by atoms with van der Waals surface area (Å²) in [6, 6.07) is 7.43. The Morgan fingerprint density at radius 3 is 2.65 bits per heavy atom. The fraction of sp³-hybridized carbons (Fsp3) is 0.588. The lowest BCUT2D eigenvalue weighted by molar-refractivity contribution is -0.132. The lowest BCUT2D eigenvalue weighted by Crippen LogP contribution is -2.39. The van der Waals surface area contributed by atoms with E-state index < -0.39 is 6.04 Å². The SMILES string of the molecule is CCC1CCCN(C(=O)C(N)c2ccc(C)cc2)CC1. The third-order valence-corrected chi connectivity index (χ3v) is 4.44. The molecule has 20 heavy (non-hydrogen) atoms. The molecular formula is C17H26N2O. The van der Waals surface area contributed by atoms with Crippen LogP contribution in [0, 0.1) is 12.8 Å². The van der Waals surface area contributed by atoms with Crippen LogP contribution in [0.4, 0.5) is 0 Å². The monoisotopic (exact) mass is 274 g/mol. The maximum Gasteiger partial charge on any atom is 0.244 e. The van der Waals surface area contributed by atoms with Gasteiger partial charge in [0.2, 0.25) is 5.91 Å². The van der Waals surface area contributed by atoms with Gasteiger partial charge in [-0.1, -0.05) is 43.2 Å². The van der Waals surface area contributed by atoms with Crippen molar-refractivity contribution in [3.8, 4) is 0 Å². The summed E-state index contributed by atoms with van der Waals surface area (Å²) in [5.41, 5.74) is 8.25. The molecule has 1 fully saturated rings. The Bertz CT molecular complexity index is 441. The highest BCUT2D eigenvalue weighted by molar-refractivity contribution is 5.83. The van der Waals surface area contributed by atoms with E-state index in [1.807, 2.05) is 36.1 Å². The Kier molecular flexibility index (Phi) is 5.18. The van der Waals surface area contributed by atoms with Crippen molar-refractivity contribution in [2.75, 3.05) is 13.1 Å². The first-order valence-corrected chi connectivity index (χ1v) is 7.72. The van der Waals surface area contributed by atoms with E-state index in [4.69, 9.17) is 5.73 Å². The van der Waals surface area contributed by atoms with Crippen LogP contribution in [0.5, 0.6) is 0 Å². The number of hydrogen-bond acceptors (Lipinski definition) is 2. The predicted octanol–water partition coefficient (Wildman–Crippen LogP) is 3.03. The van der Waals surface area contributed by atoms with Crippen LogP contribution < -0.4 is 5.73 Å². The molecule has 0 bridgehead atoms. The molecule has 1 heterocycles. The molecule has 1 aliphatic rings. The number of nitrogens with zero attached hydrogens (tertiary/aromatic N) is 1. The fourth-order valence-electron chi connectivity index (χ4n) is 2.91. The van der Waals surface area contributed by atoms with Crippen LogP contribution in [-0.2, 0) is 4.79 Å². The summed E-state index contributed by atoms with van der Waals surface area (Å²) in [7, 11) is 0. The van der Waals surface area contributed by atoms with Gasteiger partial charge in [-0.25, -0.2) is 0 Å². The maximum atomic E-state index is 12.5. The Labute approximate surface area is 122 Å². The number of carbonyl (C=O) groups excluding carboxylic acids is 1. The summed E-state index contributed by atoms with van der Waals surface area (Å²) in [4.78, 5) is 14.5. The highest BCUT2D eigenvalue weighted by atomic mass is 16.2. The second-order valence-electron chi connectivity index (χ2n) is 5.92. The molecule has 1 amide bonds. The van der Waals surface area contributed by atoms with Gasteiger partial charge < -0.3 is 10.6 Å². The van der Waals surface area contributed by atoms with Gasteiger partial charge in [0.1, 0.15) is 6.04 Å². The van der Waals surface area contributed by atoms with Crippen LogP contribution >= 0.6 is 0 Å². The average Bonchev–Trinajstić information content (AvgIpc) is 2.72. The molecule has 1 saturated heterocycles. The van der Waals surface area contributed by atoms with Crippen LogP contribution in [-0.4, -0.2) is 23.9 Å². The molecule has 1 aromatic carbocycles. The highest BCUT2D eigenvalue weighted by Crippen LogP contribution is 2.22. The molecule has 0 saturated carbocycles. The first-order chi connectivity index (χ1) is 9.61. The largest absolute Gasteiger partial charge is 0.341 e. The second kappa shape index (κ2) is 6.89. The van der Waals surface area contributed by atoms with Gasteiger partial charge in [-0.05, 0) is 37.7 Å². The predicted molar refractivity (Wildman–Crippen MR) is 82.3 cm³/mol. The maximum absolute atomic E-state index is 12.5. The number of rotatable bonds is 3. The quantitative estimate of drug-likeness (QED) is 0.921. The van der Waals surface area contributed by atoms with Gasteiger partial charge in [0.15, 0.2) is 0 Å². The number of aryl methyl sites for hydroxylation is 1. The lowest BCUT2D eigenvalue weighted by atomic mass is 9.98. The number of hydrogen-bond donors (Lipinski definition) is 1. The summed E-state index contributed by atoms with van der Waals surface area (Å²) in [5.74, 6) is 0.842. The smallest absolute Gasteiger partial charge is 0.244 e. The van der Waals surface area contributed by atoms with Gasteiger partial charge in [0.05, 0.1) is 0 Å². The zero-order valence-electron chi connectivity index (χ0n) is 12.6. The zero-order valence-corrected chi connectivity index (χ0v) is 12.6. The first kappa shape index (κ1) is 15.0. The molecule has 110 valence electrons. The molecular weight excluding hydrogens is 248 g/mol. The summed E-state index contributed by atoms with van der Waals surface area (Å²) in [5, 5.41) is 0. The number of benzene rings is 1. The van der Waals surface area contributed by atoms with E-state index in [-0.39, 0.29) is 5.91 Å². The van der Waals surface area contributed by atoms with Crippen molar-refractivity contribution in [1.82, 2.24) is 4.90 Å². The molecule has 1 aliphatic heterocycles. The zero-order chi connectivity index (χ0) is 14.5. The minimum Gasteiger partial charge on any atom is -0.341 e. The van der Waals surface area contributed by atoms with Crippen molar-refractivity contribution in [2.24, 2.45) is 11.7 Å². The van der Waals surface area contributed by atoms with Crippen molar-refractivity contribution < 1.29 is 4.79 Å². The third-order valence-electron chi connectivity index (χ3n) is 4.44. The van der Waals surface area contributed by atoms with Gasteiger partial charge in [-0.15, -0.1) is 0 Å². The number of nitrogens with two attached hydrogens (primary N) is 1. The molecule has 0 aliphatic carbocycles. The Morgan fingerprint density at radius 1 is 1.30 bits per heavy atom. The molecule has 2 atom stereocenters. The minimum atomic E-state index is -0.520. The van der Waals surface area contributed by atoms with Gasteiger partial charge in [0.25, 0.3) is 0 Å². The van der Waals surface area contributed by atoms with E-state index >= 15 is 0 Å². The summed E-state index contributed by atoms with van der Waals surface area (Å²) >= 11 is 0. The van der Waals surface area contributed by atoms with E-state index in [9.17, 15) is 4.79 Å². The molecule has 3 heteroatoms. The van der Waals surface area contributed by atoms with Crippen LogP contribution in [0.15, 0.2) is 24.3 Å².